The second-order valence-corrected chi connectivity index (χ2v) is 7.50. The lowest BCUT2D eigenvalue weighted by Gasteiger charge is -2.44. The first-order valence-electron chi connectivity index (χ1n) is 9.44. The van der Waals surface area contributed by atoms with Crippen LogP contribution < -0.4 is 0 Å². The first-order valence-corrected chi connectivity index (χ1v) is 9.44. The topological polar surface area (TPSA) is 46.3 Å². The maximum Gasteiger partial charge on any atom is 0.223 e. The first-order chi connectivity index (χ1) is 13.1. The van der Waals surface area contributed by atoms with Crippen molar-refractivity contribution in [1.29, 1.82) is 0 Å². The Morgan fingerprint density at radius 3 is 2.67 bits per heavy atom. The summed E-state index contributed by atoms with van der Waals surface area (Å²) in [6, 6.07) is 18.3. The molecule has 0 atom stereocenters. The van der Waals surface area contributed by atoms with E-state index in [1.165, 1.54) is 11.1 Å². The van der Waals surface area contributed by atoms with E-state index < -0.39 is 0 Å². The number of hydrogen-bond donors (Lipinski definition) is 0. The van der Waals surface area contributed by atoms with Crippen molar-refractivity contribution in [2.45, 2.75) is 38.6 Å². The Morgan fingerprint density at radius 2 is 1.85 bits per heavy atom. The first kappa shape index (κ1) is 17.5. The molecular formula is C23H24N2O2. The van der Waals surface area contributed by atoms with E-state index in [-0.39, 0.29) is 11.4 Å². The van der Waals surface area contributed by atoms with E-state index in [1.807, 2.05) is 41.3 Å². The molecule has 0 fully saturated rings. The van der Waals surface area contributed by atoms with Gasteiger partial charge in [0.05, 0.1) is 11.7 Å². The normalized spacial score (nSPS) is 15.4. The van der Waals surface area contributed by atoms with Crippen LogP contribution in [0.25, 0.3) is 11.3 Å². The van der Waals surface area contributed by atoms with E-state index in [4.69, 9.17) is 4.42 Å². The minimum atomic E-state index is -0.294. The van der Waals surface area contributed by atoms with Gasteiger partial charge in [-0.05, 0) is 31.4 Å². The maximum absolute atomic E-state index is 12.9. The van der Waals surface area contributed by atoms with Gasteiger partial charge in [-0.2, -0.15) is 0 Å². The lowest BCUT2D eigenvalue weighted by atomic mass is 9.83. The zero-order valence-electron chi connectivity index (χ0n) is 15.8. The molecule has 1 aliphatic rings. The fourth-order valence-corrected chi connectivity index (χ4v) is 3.94. The number of aromatic nitrogens is 1. The van der Waals surface area contributed by atoms with Crippen LogP contribution in [-0.2, 0) is 23.2 Å². The Kier molecular flexibility index (Phi) is 4.56. The Balaban J connectivity index is 1.44. The molecule has 4 rings (SSSR count). The third-order valence-corrected chi connectivity index (χ3v) is 5.42. The summed E-state index contributed by atoms with van der Waals surface area (Å²) in [5.74, 6) is 1.50. The standard InChI is InChI=1S/C23H24N2O2/c1-23(2)19-11-7-6-8-17(19)14-15-25(23)22(26)13-12-21-24-16-20(27-21)18-9-4-3-5-10-18/h3-11,16H,12-15H2,1-2H3. The molecule has 2 aromatic carbocycles. The van der Waals surface area contributed by atoms with Crippen molar-refractivity contribution in [1.82, 2.24) is 9.88 Å². The number of aryl methyl sites for hydroxylation is 1. The number of rotatable bonds is 4. The Bertz CT molecular complexity index is 944. The number of oxazole rings is 1. The molecule has 1 aromatic heterocycles. The molecule has 0 saturated carbocycles. The van der Waals surface area contributed by atoms with E-state index >= 15 is 0 Å². The quantitative estimate of drug-likeness (QED) is 0.683. The molecule has 27 heavy (non-hydrogen) atoms. The number of carbonyl (C=O) groups excluding carboxylic acids is 1. The maximum atomic E-state index is 12.9. The van der Waals surface area contributed by atoms with Crippen LogP contribution >= 0.6 is 0 Å². The Hall–Kier alpha value is -2.88. The van der Waals surface area contributed by atoms with E-state index in [9.17, 15) is 4.79 Å². The van der Waals surface area contributed by atoms with E-state index in [0.717, 1.165) is 24.3 Å². The van der Waals surface area contributed by atoms with Gasteiger partial charge < -0.3 is 9.32 Å². The van der Waals surface area contributed by atoms with Crippen LogP contribution in [-0.4, -0.2) is 22.3 Å². The van der Waals surface area contributed by atoms with Crippen LogP contribution in [0.2, 0.25) is 0 Å². The molecule has 0 bridgehead atoms. The van der Waals surface area contributed by atoms with Gasteiger partial charge >= 0.3 is 0 Å². The summed E-state index contributed by atoms with van der Waals surface area (Å²) in [7, 11) is 0. The van der Waals surface area contributed by atoms with Gasteiger partial charge in [-0.1, -0.05) is 54.6 Å². The van der Waals surface area contributed by atoms with Crippen molar-refractivity contribution in [3.63, 3.8) is 0 Å². The van der Waals surface area contributed by atoms with Crippen LogP contribution in [0.4, 0.5) is 0 Å². The van der Waals surface area contributed by atoms with Crippen molar-refractivity contribution in [2.75, 3.05) is 6.54 Å². The highest BCUT2D eigenvalue weighted by Gasteiger charge is 2.36. The molecule has 4 nitrogen and oxygen atoms in total. The predicted octanol–water partition coefficient (Wildman–Crippen LogP) is 4.59. The van der Waals surface area contributed by atoms with Crippen LogP contribution in [0.3, 0.4) is 0 Å². The molecule has 0 unspecified atom stereocenters. The second kappa shape index (κ2) is 7.03. The van der Waals surface area contributed by atoms with Crippen LogP contribution in [0.15, 0.2) is 65.2 Å². The van der Waals surface area contributed by atoms with E-state index in [0.29, 0.717) is 18.7 Å². The zero-order chi connectivity index (χ0) is 18.9. The van der Waals surface area contributed by atoms with Crippen LogP contribution in [0.5, 0.6) is 0 Å². The highest BCUT2D eigenvalue weighted by molar-refractivity contribution is 5.78. The molecule has 1 amide bonds. The monoisotopic (exact) mass is 360 g/mol. The van der Waals surface area contributed by atoms with Crippen molar-refractivity contribution in [3.8, 4) is 11.3 Å². The molecule has 2 heterocycles. The summed E-state index contributed by atoms with van der Waals surface area (Å²) in [4.78, 5) is 19.3. The Morgan fingerprint density at radius 1 is 1.11 bits per heavy atom. The number of hydrogen-bond acceptors (Lipinski definition) is 3. The fourth-order valence-electron chi connectivity index (χ4n) is 3.94. The lowest BCUT2D eigenvalue weighted by molar-refractivity contribution is -0.137. The molecule has 0 spiro atoms. The van der Waals surface area contributed by atoms with Gasteiger partial charge in [-0.3, -0.25) is 4.79 Å². The van der Waals surface area contributed by atoms with Gasteiger partial charge in [-0.15, -0.1) is 0 Å². The SMILES string of the molecule is CC1(C)c2ccccc2CCN1C(=O)CCc1ncc(-c2ccccc2)o1. The average Bonchev–Trinajstić information content (AvgIpc) is 3.16. The number of nitrogens with zero attached hydrogens (tertiary/aromatic N) is 2. The molecular weight excluding hydrogens is 336 g/mol. The third-order valence-electron chi connectivity index (χ3n) is 5.42. The van der Waals surface area contributed by atoms with Gasteiger partial charge in [0, 0.05) is 24.9 Å². The molecule has 0 radical (unpaired) electrons. The molecule has 4 heteroatoms. The summed E-state index contributed by atoms with van der Waals surface area (Å²) >= 11 is 0. The van der Waals surface area contributed by atoms with Crippen LogP contribution in [0.1, 0.15) is 37.3 Å². The minimum Gasteiger partial charge on any atom is -0.441 e. The zero-order valence-corrected chi connectivity index (χ0v) is 15.8. The summed E-state index contributed by atoms with van der Waals surface area (Å²) in [5, 5.41) is 0. The van der Waals surface area contributed by atoms with Crippen LogP contribution in [0, 0.1) is 0 Å². The van der Waals surface area contributed by atoms with Gasteiger partial charge in [0.1, 0.15) is 0 Å². The van der Waals surface area contributed by atoms with Crippen molar-refractivity contribution in [2.24, 2.45) is 0 Å². The highest BCUT2D eigenvalue weighted by atomic mass is 16.4. The lowest BCUT2D eigenvalue weighted by Crippen LogP contribution is -2.50. The molecule has 0 saturated heterocycles. The highest BCUT2D eigenvalue weighted by Crippen LogP contribution is 2.35. The van der Waals surface area contributed by atoms with Crippen molar-refractivity contribution >= 4 is 5.91 Å². The van der Waals surface area contributed by atoms with E-state index in [1.54, 1.807) is 6.20 Å². The molecule has 138 valence electrons. The second-order valence-electron chi connectivity index (χ2n) is 7.50. The third kappa shape index (κ3) is 3.39. The number of amides is 1. The number of fused-ring (bicyclic) bond motifs is 1. The summed E-state index contributed by atoms with van der Waals surface area (Å²) in [6.45, 7) is 5.01. The smallest absolute Gasteiger partial charge is 0.223 e. The van der Waals surface area contributed by atoms with Gasteiger partial charge in [0.15, 0.2) is 11.7 Å². The summed E-state index contributed by atoms with van der Waals surface area (Å²) in [5.41, 5.74) is 3.28. The summed E-state index contributed by atoms with van der Waals surface area (Å²) < 4.78 is 5.83. The fraction of sp³-hybridized carbons (Fsp3) is 0.304. The van der Waals surface area contributed by atoms with Crippen molar-refractivity contribution in [3.05, 3.63) is 77.8 Å². The summed E-state index contributed by atoms with van der Waals surface area (Å²) in [6.07, 6.45) is 3.55. The average molecular weight is 360 g/mol. The predicted molar refractivity (Wildman–Crippen MR) is 105 cm³/mol. The Labute approximate surface area is 159 Å². The molecule has 1 aliphatic heterocycles. The largest absolute Gasteiger partial charge is 0.441 e. The minimum absolute atomic E-state index is 0.147. The van der Waals surface area contributed by atoms with Gasteiger partial charge in [0.2, 0.25) is 5.91 Å². The molecule has 0 N–H and O–H groups in total. The van der Waals surface area contributed by atoms with Gasteiger partial charge in [-0.25, -0.2) is 4.98 Å². The van der Waals surface area contributed by atoms with E-state index in [2.05, 4.69) is 37.0 Å². The van der Waals surface area contributed by atoms with Crippen molar-refractivity contribution < 1.29 is 9.21 Å². The van der Waals surface area contributed by atoms with Gasteiger partial charge in [0.25, 0.3) is 0 Å². The molecule has 3 aromatic rings. The number of carbonyl (C=O) groups is 1. The molecule has 0 aliphatic carbocycles. The number of benzene rings is 2.